The average Bonchev–Trinajstić information content (AvgIpc) is 2.92. The highest BCUT2D eigenvalue weighted by atomic mass is 19.4. The first-order valence-electron chi connectivity index (χ1n) is 12.0. The lowest BCUT2D eigenvalue weighted by Gasteiger charge is -2.45. The second kappa shape index (κ2) is 12.5. The number of ether oxygens (including phenoxy) is 2. The number of rotatable bonds is 16. The van der Waals surface area contributed by atoms with Crippen LogP contribution in [0.5, 0.6) is 5.75 Å². The van der Waals surface area contributed by atoms with Crippen LogP contribution in [0.1, 0.15) is 19.4 Å². The third-order valence-corrected chi connectivity index (χ3v) is 6.21. The Labute approximate surface area is 257 Å². The lowest BCUT2D eigenvalue weighted by molar-refractivity contribution is -0.480. The molecule has 0 unspecified atom stereocenters. The Kier molecular flexibility index (Phi) is 11.1. The number of carbonyl (C=O) groups is 1. The van der Waals surface area contributed by atoms with Crippen molar-refractivity contribution in [3.8, 4) is 5.75 Å². The Bertz CT molecular complexity index is 1360. The van der Waals surface area contributed by atoms with Crippen molar-refractivity contribution >= 4 is 5.97 Å². The van der Waals surface area contributed by atoms with Crippen molar-refractivity contribution in [2.24, 2.45) is 0 Å². The van der Waals surface area contributed by atoms with Gasteiger partial charge in [0.15, 0.2) is 0 Å². The molecule has 0 spiro atoms. The number of carbonyl (C=O) groups excluding carboxylic acids is 1. The van der Waals surface area contributed by atoms with Crippen molar-refractivity contribution in [1.29, 1.82) is 0 Å². The number of hydrogen-bond donors (Lipinski definition) is 0. The molecule has 0 fully saturated rings. The van der Waals surface area contributed by atoms with E-state index in [9.17, 15) is 101 Å². The van der Waals surface area contributed by atoms with E-state index in [1.807, 2.05) is 0 Å². The van der Waals surface area contributed by atoms with Crippen LogP contribution in [0.15, 0.2) is 36.4 Å². The summed E-state index contributed by atoms with van der Waals surface area (Å²) in [5.74, 6) is -89.1. The zero-order valence-corrected chi connectivity index (χ0v) is 23.5. The summed E-state index contributed by atoms with van der Waals surface area (Å²) in [4.78, 5) is 11.3. The Morgan fingerprint density at radius 1 is 0.551 bits per heavy atom. The molecule has 0 aromatic heterocycles. The second-order valence-electron chi connectivity index (χ2n) is 9.99. The van der Waals surface area contributed by atoms with Crippen LogP contribution in [0.25, 0.3) is 0 Å². The topological polar surface area (TPSA) is 35.5 Å². The third-order valence-electron chi connectivity index (χ3n) is 6.21. The minimum atomic E-state index is -9.35. The summed E-state index contributed by atoms with van der Waals surface area (Å²) in [6, 6.07) is 1.57. The molecule has 1 rings (SSSR count). The van der Waals surface area contributed by atoms with Gasteiger partial charge in [-0.05, 0) is 24.6 Å². The number of alkyl halides is 22. The maximum atomic E-state index is 14.1. The molecule has 1 aromatic rings. The molecule has 0 heterocycles. The summed E-state index contributed by atoms with van der Waals surface area (Å²) in [7, 11) is 0. The summed E-state index contributed by atoms with van der Waals surface area (Å²) in [6.07, 6.45) is -7.56. The zero-order valence-electron chi connectivity index (χ0n) is 23.5. The van der Waals surface area contributed by atoms with Crippen molar-refractivity contribution in [1.82, 2.24) is 0 Å². The van der Waals surface area contributed by atoms with Gasteiger partial charge in [0.25, 0.3) is 0 Å². The van der Waals surface area contributed by atoms with Crippen LogP contribution in [-0.2, 0) is 16.0 Å². The van der Waals surface area contributed by atoms with E-state index >= 15 is 0 Å². The van der Waals surface area contributed by atoms with E-state index in [0.29, 0.717) is 12.1 Å². The van der Waals surface area contributed by atoms with Crippen LogP contribution >= 0.6 is 0 Å². The van der Waals surface area contributed by atoms with Gasteiger partial charge in [0.2, 0.25) is 0 Å². The number of esters is 1. The van der Waals surface area contributed by atoms with Crippen LogP contribution in [-0.4, -0.2) is 77.9 Å². The first-order chi connectivity index (χ1) is 21.3. The monoisotopic (exact) mass is 770 g/mol. The van der Waals surface area contributed by atoms with Gasteiger partial charge in [-0.1, -0.05) is 18.7 Å². The van der Waals surface area contributed by atoms with E-state index in [1.54, 1.807) is 0 Å². The Morgan fingerprint density at radius 3 is 1.16 bits per heavy atom. The fourth-order valence-corrected chi connectivity index (χ4v) is 3.16. The van der Waals surface area contributed by atoms with E-state index in [0.717, 1.165) is 0 Å². The Hall–Kier alpha value is -3.31. The van der Waals surface area contributed by atoms with E-state index < -0.39 is 90.6 Å². The highest BCUT2D eigenvalue weighted by Gasteiger charge is 2.98. The van der Waals surface area contributed by atoms with Gasteiger partial charge in [-0.15, -0.1) is 0 Å². The predicted octanol–water partition coefficient (Wildman–Crippen LogP) is 9.69. The van der Waals surface area contributed by atoms with Gasteiger partial charge in [0, 0.05) is 18.9 Å². The van der Waals surface area contributed by atoms with Gasteiger partial charge < -0.3 is 9.47 Å². The smallest absolute Gasteiger partial charge is 0.462 e. The van der Waals surface area contributed by atoms with Crippen molar-refractivity contribution < 1.29 is 111 Å². The normalized spacial score (nSPS) is 15.3. The zero-order chi connectivity index (χ0) is 39.5. The highest BCUT2D eigenvalue weighted by Crippen LogP contribution is 2.67. The molecule has 0 bridgehead atoms. The Balaban J connectivity index is 3.56. The lowest BCUT2D eigenvalue weighted by atomic mass is 9.85. The molecule has 25 heteroatoms. The van der Waals surface area contributed by atoms with E-state index in [4.69, 9.17) is 0 Å². The van der Waals surface area contributed by atoms with Gasteiger partial charge in [0.05, 0.1) is 6.61 Å². The molecule has 0 radical (unpaired) electrons. The molecule has 0 aliphatic carbocycles. The van der Waals surface area contributed by atoms with Gasteiger partial charge in [-0.3, -0.25) is 0 Å². The summed E-state index contributed by atoms with van der Waals surface area (Å²) >= 11 is 0. The minimum absolute atomic E-state index is 0.0561. The molecule has 0 saturated heterocycles. The molecular weight excluding hydrogens is 754 g/mol. The molecule has 0 aliphatic heterocycles. The van der Waals surface area contributed by atoms with E-state index in [2.05, 4.69) is 16.1 Å². The fourth-order valence-electron chi connectivity index (χ4n) is 3.16. The Morgan fingerprint density at radius 2 is 0.857 bits per heavy atom. The van der Waals surface area contributed by atoms with Crippen LogP contribution in [0.4, 0.5) is 96.6 Å². The molecule has 1 aromatic carbocycles. The SMILES string of the molecule is C=C(C)C(=O)OCCc1ccc(OC(F)(F)C(F)(F)C(F)(F)C(F)(F)C(F)(F)C(F)(F)C(F)(F)C(F)(F)C(F)(F)C(F)(F)C(C)(F)F)cc1. The largest absolute Gasteiger partial charge is 0.471 e. The first-order valence-corrected chi connectivity index (χ1v) is 12.0. The molecule has 284 valence electrons. The molecule has 0 N–H and O–H groups in total. The van der Waals surface area contributed by atoms with Gasteiger partial charge in [-0.25, -0.2) is 4.79 Å². The van der Waals surface area contributed by atoms with E-state index in [1.165, 1.54) is 6.92 Å². The minimum Gasteiger partial charge on any atom is -0.462 e. The van der Waals surface area contributed by atoms with Crippen molar-refractivity contribution in [2.45, 2.75) is 85.6 Å². The van der Waals surface area contributed by atoms with Crippen LogP contribution in [0.3, 0.4) is 0 Å². The van der Waals surface area contributed by atoms with Crippen LogP contribution in [0.2, 0.25) is 0 Å². The highest BCUT2D eigenvalue weighted by molar-refractivity contribution is 5.86. The standard InChI is InChI=1S/C24H16F22O3/c1-10(2)13(47)48-9-8-11-4-6-12(7-5-11)49-24(45,46)23(43,44)22(41,42)21(39,40)20(37,38)19(35,36)18(33,34)17(31,32)16(29,30)15(27,28)14(3,25)26/h4-7H,1,8-9H2,2-3H3. The lowest BCUT2D eigenvalue weighted by Crippen LogP contribution is -2.77. The summed E-state index contributed by atoms with van der Waals surface area (Å²) in [6.45, 7) is 2.52. The van der Waals surface area contributed by atoms with Gasteiger partial charge >= 0.3 is 71.3 Å². The quantitative estimate of drug-likeness (QED) is 0.0955. The molecule has 0 aliphatic rings. The third kappa shape index (κ3) is 6.53. The summed E-state index contributed by atoms with van der Waals surface area (Å²) < 4.78 is 310. The number of benzene rings is 1. The first kappa shape index (κ1) is 43.7. The summed E-state index contributed by atoms with van der Waals surface area (Å²) in [5, 5.41) is 0. The predicted molar refractivity (Wildman–Crippen MR) is 117 cm³/mol. The maximum Gasteiger partial charge on any atom is 0.471 e. The number of hydrogen-bond acceptors (Lipinski definition) is 3. The van der Waals surface area contributed by atoms with Gasteiger partial charge in [0.1, 0.15) is 5.75 Å². The van der Waals surface area contributed by atoms with Crippen LogP contribution < -0.4 is 4.74 Å². The summed E-state index contributed by atoms with van der Waals surface area (Å²) in [5.41, 5.74) is -0.146. The number of halogens is 22. The molecular formula is C24H16F22O3. The molecule has 0 saturated carbocycles. The molecule has 49 heavy (non-hydrogen) atoms. The average molecular weight is 770 g/mol. The second-order valence-corrected chi connectivity index (χ2v) is 9.99. The van der Waals surface area contributed by atoms with E-state index in [-0.39, 0.29) is 29.7 Å². The molecule has 0 amide bonds. The maximum absolute atomic E-state index is 14.1. The van der Waals surface area contributed by atoms with Gasteiger partial charge in [-0.2, -0.15) is 96.6 Å². The molecule has 0 atom stereocenters. The fraction of sp³-hybridized carbons (Fsp3) is 0.625. The van der Waals surface area contributed by atoms with Crippen molar-refractivity contribution in [3.63, 3.8) is 0 Å². The van der Waals surface area contributed by atoms with Crippen molar-refractivity contribution in [2.75, 3.05) is 6.61 Å². The molecule has 3 nitrogen and oxygen atoms in total. The van der Waals surface area contributed by atoms with Crippen molar-refractivity contribution in [3.05, 3.63) is 42.0 Å². The van der Waals surface area contributed by atoms with Crippen LogP contribution in [0, 0.1) is 0 Å².